The lowest BCUT2D eigenvalue weighted by molar-refractivity contribution is 1.19. The summed E-state index contributed by atoms with van der Waals surface area (Å²) in [5.74, 6) is 0. The Morgan fingerprint density at radius 2 is 1.32 bits per heavy atom. The van der Waals surface area contributed by atoms with E-state index in [-0.39, 0.29) is 0 Å². The topological polar surface area (TPSA) is 0 Å². The first kappa shape index (κ1) is 13.1. The van der Waals surface area contributed by atoms with Gasteiger partial charge in [0.25, 0.3) is 0 Å². The van der Waals surface area contributed by atoms with E-state index in [1.54, 1.807) is 0 Å². The smallest absolute Gasteiger partial charge is 0.00490 e. The van der Waals surface area contributed by atoms with Crippen LogP contribution in [-0.2, 0) is 6.42 Å². The molecule has 0 amide bonds. The summed E-state index contributed by atoms with van der Waals surface area (Å²) in [4.78, 5) is 0. The molecule has 0 fully saturated rings. The molecule has 0 spiro atoms. The average molecular weight is 281 g/mol. The SMILES string of the molecule is [CH](Cc1cccc2ccccc12)c1ccc2ccccc2c1. The van der Waals surface area contributed by atoms with Crippen LogP contribution in [0.2, 0.25) is 0 Å². The van der Waals surface area contributed by atoms with E-state index in [0.29, 0.717) is 0 Å². The third-order valence-electron chi connectivity index (χ3n) is 4.21. The van der Waals surface area contributed by atoms with Gasteiger partial charge in [-0.3, -0.25) is 0 Å². The van der Waals surface area contributed by atoms with E-state index in [1.165, 1.54) is 32.7 Å². The molecule has 0 N–H and O–H groups in total. The van der Waals surface area contributed by atoms with Crippen LogP contribution >= 0.6 is 0 Å². The maximum atomic E-state index is 2.31. The van der Waals surface area contributed by atoms with Crippen LogP contribution in [0, 0.1) is 6.42 Å². The predicted molar refractivity (Wildman–Crippen MR) is 95.0 cm³/mol. The lowest BCUT2D eigenvalue weighted by Gasteiger charge is -2.07. The zero-order chi connectivity index (χ0) is 14.8. The zero-order valence-electron chi connectivity index (χ0n) is 12.4. The Kier molecular flexibility index (Phi) is 3.36. The quantitative estimate of drug-likeness (QED) is 0.446. The van der Waals surface area contributed by atoms with Crippen LogP contribution in [0.1, 0.15) is 11.1 Å². The van der Waals surface area contributed by atoms with Gasteiger partial charge in [-0.15, -0.1) is 0 Å². The van der Waals surface area contributed by atoms with Crippen LogP contribution in [0.5, 0.6) is 0 Å². The van der Waals surface area contributed by atoms with Crippen molar-refractivity contribution in [2.75, 3.05) is 0 Å². The van der Waals surface area contributed by atoms with Crippen molar-refractivity contribution in [1.29, 1.82) is 0 Å². The molecule has 4 aromatic rings. The molecular weight excluding hydrogens is 264 g/mol. The summed E-state index contributed by atoms with van der Waals surface area (Å²) < 4.78 is 0. The summed E-state index contributed by atoms with van der Waals surface area (Å²) in [6.45, 7) is 0. The van der Waals surface area contributed by atoms with Crippen molar-refractivity contribution in [3.8, 4) is 0 Å². The van der Waals surface area contributed by atoms with Gasteiger partial charge in [0, 0.05) is 0 Å². The van der Waals surface area contributed by atoms with Crippen LogP contribution in [0.15, 0.2) is 84.9 Å². The first-order valence-electron chi connectivity index (χ1n) is 7.69. The third kappa shape index (κ3) is 2.48. The Hall–Kier alpha value is -2.60. The number of hydrogen-bond acceptors (Lipinski definition) is 0. The molecule has 22 heavy (non-hydrogen) atoms. The maximum Gasteiger partial charge on any atom is -0.00490 e. The molecule has 0 aliphatic heterocycles. The lowest BCUT2D eigenvalue weighted by Crippen LogP contribution is -1.90. The Morgan fingerprint density at radius 1 is 0.591 bits per heavy atom. The van der Waals surface area contributed by atoms with Gasteiger partial charge in [0.05, 0.1) is 0 Å². The second kappa shape index (κ2) is 5.65. The van der Waals surface area contributed by atoms with Crippen molar-refractivity contribution in [3.63, 3.8) is 0 Å². The Labute approximate surface area is 131 Å². The molecule has 0 aromatic heterocycles. The number of rotatable bonds is 3. The fourth-order valence-electron chi connectivity index (χ4n) is 3.03. The van der Waals surface area contributed by atoms with Gasteiger partial charge in [-0.2, -0.15) is 0 Å². The van der Waals surface area contributed by atoms with Gasteiger partial charge < -0.3 is 0 Å². The fraction of sp³-hybridized carbons (Fsp3) is 0.0455. The fourth-order valence-corrected chi connectivity index (χ4v) is 3.03. The average Bonchev–Trinajstić information content (AvgIpc) is 2.60. The monoisotopic (exact) mass is 281 g/mol. The predicted octanol–water partition coefficient (Wildman–Crippen LogP) is 5.79. The van der Waals surface area contributed by atoms with Crippen molar-refractivity contribution in [3.05, 3.63) is 102 Å². The molecule has 0 bridgehead atoms. The van der Waals surface area contributed by atoms with Gasteiger partial charge >= 0.3 is 0 Å². The van der Waals surface area contributed by atoms with E-state index in [9.17, 15) is 0 Å². The van der Waals surface area contributed by atoms with Gasteiger partial charge in [-0.1, -0.05) is 84.9 Å². The summed E-state index contributed by atoms with van der Waals surface area (Å²) in [7, 11) is 0. The number of fused-ring (bicyclic) bond motifs is 2. The molecule has 0 atom stereocenters. The van der Waals surface area contributed by atoms with Gasteiger partial charge in [-0.05, 0) is 45.5 Å². The molecule has 105 valence electrons. The molecule has 0 saturated heterocycles. The van der Waals surface area contributed by atoms with Crippen molar-refractivity contribution in [1.82, 2.24) is 0 Å². The van der Waals surface area contributed by atoms with Gasteiger partial charge in [0.2, 0.25) is 0 Å². The largest absolute Gasteiger partial charge is 0.0616 e. The number of benzene rings is 4. The second-order valence-corrected chi connectivity index (χ2v) is 5.65. The minimum atomic E-state index is 0.958. The van der Waals surface area contributed by atoms with E-state index in [1.807, 2.05) is 0 Å². The summed E-state index contributed by atoms with van der Waals surface area (Å²) in [5.41, 5.74) is 2.66. The van der Waals surface area contributed by atoms with E-state index < -0.39 is 0 Å². The highest BCUT2D eigenvalue weighted by Crippen LogP contribution is 2.22. The third-order valence-corrected chi connectivity index (χ3v) is 4.21. The Balaban J connectivity index is 1.63. The zero-order valence-corrected chi connectivity index (χ0v) is 12.4. The van der Waals surface area contributed by atoms with Crippen LogP contribution in [0.25, 0.3) is 21.5 Å². The van der Waals surface area contributed by atoms with Crippen molar-refractivity contribution in [2.45, 2.75) is 6.42 Å². The molecule has 0 saturated carbocycles. The molecular formula is C22H17. The molecule has 0 heterocycles. The van der Waals surface area contributed by atoms with E-state index in [2.05, 4.69) is 91.3 Å². The first-order chi connectivity index (χ1) is 10.9. The van der Waals surface area contributed by atoms with Crippen LogP contribution in [-0.4, -0.2) is 0 Å². The minimum absolute atomic E-state index is 0.958. The molecule has 0 aliphatic carbocycles. The highest BCUT2D eigenvalue weighted by molar-refractivity contribution is 5.86. The highest BCUT2D eigenvalue weighted by Gasteiger charge is 2.02. The van der Waals surface area contributed by atoms with Crippen LogP contribution in [0.3, 0.4) is 0 Å². The Bertz CT molecular complexity index is 929. The highest BCUT2D eigenvalue weighted by atomic mass is 14.1. The van der Waals surface area contributed by atoms with E-state index in [4.69, 9.17) is 0 Å². The standard InChI is InChI=1S/C22H17/c1-2-8-21-16-17(12-14-18(21)6-1)13-15-20-10-5-9-19-7-3-4-11-22(19)20/h1-14,16H,15H2. The molecule has 4 rings (SSSR count). The molecule has 0 aliphatic rings. The molecule has 1 radical (unpaired) electrons. The first-order valence-corrected chi connectivity index (χ1v) is 7.69. The van der Waals surface area contributed by atoms with Crippen molar-refractivity contribution in [2.24, 2.45) is 0 Å². The second-order valence-electron chi connectivity index (χ2n) is 5.65. The van der Waals surface area contributed by atoms with E-state index >= 15 is 0 Å². The summed E-state index contributed by atoms with van der Waals surface area (Å²) in [6.07, 6.45) is 3.27. The molecule has 0 unspecified atom stereocenters. The van der Waals surface area contributed by atoms with Crippen molar-refractivity contribution < 1.29 is 0 Å². The Morgan fingerprint density at radius 3 is 2.23 bits per heavy atom. The van der Waals surface area contributed by atoms with E-state index in [0.717, 1.165) is 6.42 Å². The van der Waals surface area contributed by atoms with Gasteiger partial charge in [0.1, 0.15) is 0 Å². The maximum absolute atomic E-state index is 2.31. The van der Waals surface area contributed by atoms with Gasteiger partial charge in [0.15, 0.2) is 0 Å². The lowest BCUT2D eigenvalue weighted by atomic mass is 9.97. The molecule has 0 nitrogen and oxygen atoms in total. The summed E-state index contributed by atoms with van der Waals surface area (Å²) in [6, 6.07) is 30.3. The molecule has 0 heteroatoms. The van der Waals surface area contributed by atoms with Crippen LogP contribution < -0.4 is 0 Å². The summed E-state index contributed by atoms with van der Waals surface area (Å²) in [5, 5.41) is 5.26. The normalized spacial score (nSPS) is 11.1. The number of hydrogen-bond donors (Lipinski definition) is 0. The van der Waals surface area contributed by atoms with Crippen molar-refractivity contribution >= 4 is 21.5 Å². The summed E-state index contributed by atoms with van der Waals surface area (Å²) >= 11 is 0. The van der Waals surface area contributed by atoms with Crippen LogP contribution in [0.4, 0.5) is 0 Å². The van der Waals surface area contributed by atoms with Gasteiger partial charge in [-0.25, -0.2) is 0 Å². The molecule has 4 aromatic carbocycles. The minimum Gasteiger partial charge on any atom is -0.0616 e.